The van der Waals surface area contributed by atoms with E-state index in [9.17, 15) is 14.4 Å². The van der Waals surface area contributed by atoms with Crippen LogP contribution in [0.1, 0.15) is 59.2 Å². The minimum Gasteiger partial charge on any atom is -0.494 e. The number of ether oxygens (including phenoxy) is 5. The second-order valence-corrected chi connectivity index (χ2v) is 10.6. The largest absolute Gasteiger partial charge is 0.494 e. The van der Waals surface area contributed by atoms with E-state index in [1.54, 1.807) is 24.3 Å². The summed E-state index contributed by atoms with van der Waals surface area (Å²) in [7, 11) is 0. The number of carbonyl (C=O) groups excluding carboxylic acids is 3. The van der Waals surface area contributed by atoms with E-state index in [-0.39, 0.29) is 24.7 Å². The zero-order chi connectivity index (χ0) is 32.3. The van der Waals surface area contributed by atoms with Crippen molar-refractivity contribution in [2.45, 2.75) is 39.0 Å². The van der Waals surface area contributed by atoms with Crippen molar-refractivity contribution in [1.29, 1.82) is 0 Å². The van der Waals surface area contributed by atoms with Crippen LogP contribution in [0.15, 0.2) is 79.4 Å². The van der Waals surface area contributed by atoms with Crippen molar-refractivity contribution in [3.63, 3.8) is 0 Å². The molecule has 9 nitrogen and oxygen atoms in total. The number of unbranched alkanes of at least 4 members (excludes halogenated alkanes) is 1. The summed E-state index contributed by atoms with van der Waals surface area (Å²) >= 11 is 0. The lowest BCUT2D eigenvalue weighted by molar-refractivity contribution is -0.140. The van der Waals surface area contributed by atoms with Crippen LogP contribution in [0.2, 0.25) is 0 Å². The van der Waals surface area contributed by atoms with Gasteiger partial charge in [-0.2, -0.15) is 0 Å². The van der Waals surface area contributed by atoms with Crippen molar-refractivity contribution in [3.05, 3.63) is 102 Å². The summed E-state index contributed by atoms with van der Waals surface area (Å²) in [5, 5.41) is 8.91. The predicted octanol–water partition coefficient (Wildman–Crippen LogP) is 6.10. The Labute approximate surface area is 263 Å². The molecule has 236 valence electrons. The number of carbonyl (C=O) groups is 3. The minimum atomic E-state index is -0.587. The van der Waals surface area contributed by atoms with Crippen molar-refractivity contribution in [1.82, 2.24) is 0 Å². The van der Waals surface area contributed by atoms with E-state index in [1.807, 2.05) is 37.3 Å². The standard InChI is InChI=1S/C36H38O9/c1-5-34(38)43-18-8-17-42-33-14-11-28(19-23(33)2)45-36(40)26-9-12-29-30-13-10-27(21-32(30)25(4)31(29)20-26)41-15-6-7-16-44-35(39)24(3)22-37/h5,9-14,19-21,25,37H,1,3,6-8,15-18,22H2,2,4H3. The van der Waals surface area contributed by atoms with E-state index < -0.39 is 24.5 Å². The maximum absolute atomic E-state index is 13.1. The molecule has 45 heavy (non-hydrogen) atoms. The first-order chi connectivity index (χ1) is 21.7. The highest BCUT2D eigenvalue weighted by molar-refractivity contribution is 5.93. The van der Waals surface area contributed by atoms with Crippen LogP contribution >= 0.6 is 0 Å². The number of aliphatic hydroxyl groups excluding tert-OH is 1. The molecule has 3 aromatic rings. The van der Waals surface area contributed by atoms with Gasteiger partial charge in [0.05, 0.1) is 44.2 Å². The van der Waals surface area contributed by atoms with Crippen molar-refractivity contribution in [2.75, 3.05) is 33.0 Å². The highest BCUT2D eigenvalue weighted by Gasteiger charge is 2.27. The van der Waals surface area contributed by atoms with Gasteiger partial charge in [-0.1, -0.05) is 32.2 Å². The van der Waals surface area contributed by atoms with Gasteiger partial charge in [0.15, 0.2) is 0 Å². The normalized spacial score (nSPS) is 12.8. The van der Waals surface area contributed by atoms with Gasteiger partial charge in [0, 0.05) is 18.4 Å². The Bertz CT molecular complexity index is 1570. The molecule has 0 aromatic heterocycles. The van der Waals surface area contributed by atoms with E-state index in [2.05, 4.69) is 20.1 Å². The van der Waals surface area contributed by atoms with Crippen LogP contribution in [-0.4, -0.2) is 56.0 Å². The molecule has 0 bridgehead atoms. The number of aryl methyl sites for hydroxylation is 1. The Balaban J connectivity index is 1.29. The van der Waals surface area contributed by atoms with Gasteiger partial charge in [-0.15, -0.1) is 0 Å². The smallest absolute Gasteiger partial charge is 0.343 e. The van der Waals surface area contributed by atoms with Crippen LogP contribution in [0.25, 0.3) is 11.1 Å². The molecule has 4 rings (SSSR count). The number of rotatable bonds is 16. The Morgan fingerprint density at radius 2 is 1.49 bits per heavy atom. The van der Waals surface area contributed by atoms with Gasteiger partial charge >= 0.3 is 17.9 Å². The maximum Gasteiger partial charge on any atom is 0.343 e. The van der Waals surface area contributed by atoms with Crippen LogP contribution < -0.4 is 14.2 Å². The molecule has 0 spiro atoms. The lowest BCUT2D eigenvalue weighted by atomic mass is 9.98. The van der Waals surface area contributed by atoms with Crippen LogP contribution in [-0.2, 0) is 19.1 Å². The Morgan fingerprint density at radius 1 is 0.822 bits per heavy atom. The Morgan fingerprint density at radius 3 is 2.22 bits per heavy atom. The summed E-state index contributed by atoms with van der Waals surface area (Å²) in [6.45, 7) is 11.7. The Hall–Kier alpha value is -4.89. The average Bonchev–Trinajstić information content (AvgIpc) is 3.32. The number of esters is 3. The van der Waals surface area contributed by atoms with E-state index >= 15 is 0 Å². The van der Waals surface area contributed by atoms with E-state index in [4.69, 9.17) is 28.8 Å². The molecule has 0 fully saturated rings. The molecule has 0 amide bonds. The highest BCUT2D eigenvalue weighted by Crippen LogP contribution is 2.46. The Kier molecular flexibility index (Phi) is 11.5. The van der Waals surface area contributed by atoms with Gasteiger partial charge in [0.25, 0.3) is 0 Å². The molecule has 1 unspecified atom stereocenters. The zero-order valence-electron chi connectivity index (χ0n) is 25.6. The molecule has 0 saturated carbocycles. The van der Waals surface area contributed by atoms with Crippen molar-refractivity contribution < 1.29 is 43.2 Å². The first kappa shape index (κ1) is 33.0. The fraction of sp³-hybridized carbons (Fsp3) is 0.306. The first-order valence-corrected chi connectivity index (χ1v) is 14.8. The molecular weight excluding hydrogens is 576 g/mol. The number of hydrogen-bond donors (Lipinski definition) is 1. The van der Waals surface area contributed by atoms with E-state index in [0.717, 1.165) is 39.6 Å². The molecule has 1 N–H and O–H groups in total. The third-order valence-corrected chi connectivity index (χ3v) is 7.37. The molecule has 1 atom stereocenters. The average molecular weight is 615 g/mol. The molecule has 0 heterocycles. The zero-order valence-corrected chi connectivity index (χ0v) is 25.6. The third-order valence-electron chi connectivity index (χ3n) is 7.37. The summed E-state index contributed by atoms with van der Waals surface area (Å²) in [4.78, 5) is 35.7. The molecule has 0 saturated heterocycles. The van der Waals surface area contributed by atoms with Crippen LogP contribution in [0, 0.1) is 6.92 Å². The van der Waals surface area contributed by atoms with Crippen molar-refractivity contribution in [2.24, 2.45) is 0 Å². The monoisotopic (exact) mass is 614 g/mol. The minimum absolute atomic E-state index is 0.0371. The van der Waals surface area contributed by atoms with Gasteiger partial charge in [-0.05, 0) is 90.0 Å². The van der Waals surface area contributed by atoms with Crippen LogP contribution in [0.5, 0.6) is 17.2 Å². The third kappa shape index (κ3) is 8.61. The molecular formula is C36H38O9. The van der Waals surface area contributed by atoms with Gasteiger partial charge in [0.1, 0.15) is 17.2 Å². The number of fused-ring (bicyclic) bond motifs is 3. The summed E-state index contributed by atoms with van der Waals surface area (Å²) in [5.74, 6) is 0.376. The van der Waals surface area contributed by atoms with Crippen LogP contribution in [0.4, 0.5) is 0 Å². The lowest BCUT2D eigenvalue weighted by Crippen LogP contribution is -2.11. The van der Waals surface area contributed by atoms with E-state index in [1.165, 1.54) is 0 Å². The summed E-state index contributed by atoms with van der Waals surface area (Å²) in [6.07, 6.45) is 2.98. The SMILES string of the molecule is C=CC(=O)OCCCOc1ccc(OC(=O)c2ccc3c(c2)C(C)c2cc(OCCCCOC(=O)C(=C)CO)ccc2-3)cc1C. The quantitative estimate of drug-likeness (QED) is 0.0885. The molecule has 1 aliphatic rings. The summed E-state index contributed by atoms with van der Waals surface area (Å²) < 4.78 is 27.4. The van der Waals surface area contributed by atoms with Gasteiger partial charge in [-0.25, -0.2) is 14.4 Å². The van der Waals surface area contributed by atoms with Gasteiger partial charge < -0.3 is 28.8 Å². The number of aliphatic hydroxyl groups is 1. The fourth-order valence-electron chi connectivity index (χ4n) is 4.91. The molecule has 1 aliphatic carbocycles. The highest BCUT2D eigenvalue weighted by atomic mass is 16.5. The molecule has 0 aliphatic heterocycles. The van der Waals surface area contributed by atoms with Gasteiger partial charge in [-0.3, -0.25) is 0 Å². The van der Waals surface area contributed by atoms with Crippen LogP contribution in [0.3, 0.4) is 0 Å². The first-order valence-electron chi connectivity index (χ1n) is 14.8. The fourth-order valence-corrected chi connectivity index (χ4v) is 4.91. The van der Waals surface area contributed by atoms with Gasteiger partial charge in [0.2, 0.25) is 0 Å². The summed E-state index contributed by atoms with van der Waals surface area (Å²) in [6, 6.07) is 16.8. The van der Waals surface area contributed by atoms with Crippen molar-refractivity contribution in [3.8, 4) is 28.4 Å². The second-order valence-electron chi connectivity index (χ2n) is 10.6. The molecule has 0 radical (unpaired) electrons. The summed E-state index contributed by atoms with van der Waals surface area (Å²) in [5.41, 5.74) is 5.65. The predicted molar refractivity (Wildman–Crippen MR) is 169 cm³/mol. The number of hydrogen-bond acceptors (Lipinski definition) is 9. The second kappa shape index (κ2) is 15.7. The number of benzene rings is 3. The topological polar surface area (TPSA) is 118 Å². The maximum atomic E-state index is 13.1. The van der Waals surface area contributed by atoms with E-state index in [0.29, 0.717) is 49.5 Å². The molecule has 3 aromatic carbocycles. The van der Waals surface area contributed by atoms with Crippen molar-refractivity contribution >= 4 is 17.9 Å². The lowest BCUT2D eigenvalue weighted by Gasteiger charge is -2.12. The molecule has 9 heteroatoms.